The number of carbonyl (C=O) groups is 1. The molecule has 100 valence electrons. The Labute approximate surface area is 108 Å². The number of carbonyl (C=O) groups excluding carboxylic acids is 1. The Morgan fingerprint density at radius 1 is 1.33 bits per heavy atom. The monoisotopic (exact) mass is 251 g/mol. The molecule has 0 bridgehead atoms. The molecule has 1 aromatic carbocycles. The van der Waals surface area contributed by atoms with Gasteiger partial charge in [0.05, 0.1) is 12.7 Å². The zero-order chi connectivity index (χ0) is 13.5. The fourth-order valence-corrected chi connectivity index (χ4v) is 1.48. The Bertz CT molecular complexity index is 371. The van der Waals surface area contributed by atoms with Crippen LogP contribution in [0.3, 0.4) is 0 Å². The number of benzene rings is 1. The molecular weight excluding hydrogens is 230 g/mol. The van der Waals surface area contributed by atoms with E-state index < -0.39 is 6.10 Å². The van der Waals surface area contributed by atoms with Crippen LogP contribution in [-0.4, -0.2) is 36.6 Å². The van der Waals surface area contributed by atoms with Crippen molar-refractivity contribution < 1.29 is 14.6 Å². The van der Waals surface area contributed by atoms with Crippen LogP contribution in [0.4, 0.5) is 0 Å². The average molecular weight is 251 g/mol. The first-order chi connectivity index (χ1) is 8.50. The second-order valence-corrected chi connectivity index (χ2v) is 4.49. The molecule has 4 nitrogen and oxygen atoms in total. The van der Waals surface area contributed by atoms with E-state index in [0.717, 1.165) is 11.3 Å². The lowest BCUT2D eigenvalue weighted by molar-refractivity contribution is -0.128. The van der Waals surface area contributed by atoms with Crippen molar-refractivity contribution in [3.63, 3.8) is 0 Å². The van der Waals surface area contributed by atoms with Gasteiger partial charge in [-0.2, -0.15) is 0 Å². The molecule has 1 atom stereocenters. The van der Waals surface area contributed by atoms with E-state index in [4.69, 9.17) is 4.74 Å². The van der Waals surface area contributed by atoms with Gasteiger partial charge in [-0.15, -0.1) is 0 Å². The summed E-state index contributed by atoms with van der Waals surface area (Å²) in [5.41, 5.74) is 0.866. The molecule has 18 heavy (non-hydrogen) atoms. The van der Waals surface area contributed by atoms with Crippen LogP contribution in [-0.2, 0) is 4.79 Å². The number of rotatable bonds is 6. The molecule has 4 heteroatoms. The second-order valence-electron chi connectivity index (χ2n) is 4.49. The zero-order valence-corrected chi connectivity index (χ0v) is 11.2. The molecule has 1 amide bonds. The molecule has 1 rings (SSSR count). The van der Waals surface area contributed by atoms with Gasteiger partial charge in [0.1, 0.15) is 5.75 Å². The van der Waals surface area contributed by atoms with Gasteiger partial charge in [0, 0.05) is 20.5 Å². The van der Waals surface area contributed by atoms with Crippen molar-refractivity contribution in [2.45, 2.75) is 25.9 Å². The predicted octanol–water partition coefficient (Wildman–Crippen LogP) is 1.99. The third-order valence-electron chi connectivity index (χ3n) is 2.67. The summed E-state index contributed by atoms with van der Waals surface area (Å²) in [6, 6.07) is 7.33. The SMILES string of the molecule is C[C@H](O)c1ccc(OCCCC(=O)N(C)C)cc1. The highest BCUT2D eigenvalue weighted by Crippen LogP contribution is 2.17. The second kappa shape index (κ2) is 7.01. The topological polar surface area (TPSA) is 49.8 Å². The summed E-state index contributed by atoms with van der Waals surface area (Å²) in [7, 11) is 3.50. The Hall–Kier alpha value is -1.55. The summed E-state index contributed by atoms with van der Waals surface area (Å²) in [4.78, 5) is 12.9. The number of amides is 1. The number of aliphatic hydroxyl groups is 1. The minimum absolute atomic E-state index is 0.114. The van der Waals surface area contributed by atoms with Crippen LogP contribution in [0.5, 0.6) is 5.75 Å². The van der Waals surface area contributed by atoms with Crippen molar-refractivity contribution in [3.05, 3.63) is 29.8 Å². The molecule has 0 unspecified atom stereocenters. The molecule has 0 aliphatic heterocycles. The third kappa shape index (κ3) is 4.75. The van der Waals surface area contributed by atoms with Crippen LogP contribution in [0.25, 0.3) is 0 Å². The number of hydrogen-bond donors (Lipinski definition) is 1. The highest BCUT2D eigenvalue weighted by molar-refractivity contribution is 5.75. The largest absolute Gasteiger partial charge is 0.494 e. The quantitative estimate of drug-likeness (QED) is 0.787. The first kappa shape index (κ1) is 14.5. The summed E-state index contributed by atoms with van der Waals surface area (Å²) in [5, 5.41) is 9.36. The van der Waals surface area contributed by atoms with Gasteiger partial charge in [-0.3, -0.25) is 4.79 Å². The van der Waals surface area contributed by atoms with E-state index in [0.29, 0.717) is 19.4 Å². The number of aliphatic hydroxyl groups excluding tert-OH is 1. The maximum atomic E-state index is 11.3. The molecule has 0 saturated carbocycles. The lowest BCUT2D eigenvalue weighted by atomic mass is 10.1. The molecule has 0 spiro atoms. The summed E-state index contributed by atoms with van der Waals surface area (Å²) >= 11 is 0. The predicted molar refractivity (Wildman–Crippen MR) is 70.5 cm³/mol. The lowest BCUT2D eigenvalue weighted by Crippen LogP contribution is -2.21. The molecule has 1 N–H and O–H groups in total. The van der Waals surface area contributed by atoms with Crippen molar-refractivity contribution >= 4 is 5.91 Å². The summed E-state index contributed by atoms with van der Waals surface area (Å²) in [6.45, 7) is 2.25. The Morgan fingerprint density at radius 3 is 2.44 bits per heavy atom. The van der Waals surface area contributed by atoms with E-state index in [1.165, 1.54) is 0 Å². The molecule has 0 heterocycles. The van der Waals surface area contributed by atoms with Gasteiger partial charge in [0.2, 0.25) is 5.91 Å². The van der Waals surface area contributed by atoms with Crippen molar-refractivity contribution in [1.29, 1.82) is 0 Å². The fraction of sp³-hybridized carbons (Fsp3) is 0.500. The first-order valence-corrected chi connectivity index (χ1v) is 6.11. The van der Waals surface area contributed by atoms with Gasteiger partial charge >= 0.3 is 0 Å². The third-order valence-corrected chi connectivity index (χ3v) is 2.67. The van der Waals surface area contributed by atoms with E-state index in [2.05, 4.69) is 0 Å². The molecule has 0 saturated heterocycles. The Balaban J connectivity index is 2.29. The molecule has 0 radical (unpaired) electrons. The maximum Gasteiger partial charge on any atom is 0.222 e. The Morgan fingerprint density at radius 2 is 1.94 bits per heavy atom. The fourth-order valence-electron chi connectivity index (χ4n) is 1.48. The Kier molecular flexibility index (Phi) is 5.65. The van der Waals surface area contributed by atoms with Gasteiger partial charge in [-0.1, -0.05) is 12.1 Å². The van der Waals surface area contributed by atoms with Crippen molar-refractivity contribution in [2.24, 2.45) is 0 Å². The van der Waals surface area contributed by atoms with Crippen molar-refractivity contribution in [1.82, 2.24) is 4.90 Å². The molecule has 1 aromatic rings. The minimum atomic E-state index is -0.461. The highest BCUT2D eigenvalue weighted by Gasteiger charge is 2.04. The van der Waals surface area contributed by atoms with Crippen LogP contribution in [0.2, 0.25) is 0 Å². The molecular formula is C14H21NO3. The molecule has 0 fully saturated rings. The number of hydrogen-bond acceptors (Lipinski definition) is 3. The van der Waals surface area contributed by atoms with Gasteiger partial charge in [0.15, 0.2) is 0 Å². The van der Waals surface area contributed by atoms with Crippen LogP contribution in [0.1, 0.15) is 31.4 Å². The normalized spacial score (nSPS) is 12.0. The van der Waals surface area contributed by atoms with E-state index in [1.807, 2.05) is 24.3 Å². The summed E-state index contributed by atoms with van der Waals surface area (Å²) in [6.07, 6.45) is 0.741. The van der Waals surface area contributed by atoms with Gasteiger partial charge < -0.3 is 14.7 Å². The molecule has 0 aliphatic rings. The standard InChI is InChI=1S/C14H21NO3/c1-11(16)12-6-8-13(9-7-12)18-10-4-5-14(17)15(2)3/h6-9,11,16H,4-5,10H2,1-3H3/t11-/m0/s1. The lowest BCUT2D eigenvalue weighted by Gasteiger charge is -2.11. The minimum Gasteiger partial charge on any atom is -0.494 e. The number of ether oxygens (including phenoxy) is 1. The maximum absolute atomic E-state index is 11.3. The van der Waals surface area contributed by atoms with Crippen LogP contribution in [0.15, 0.2) is 24.3 Å². The summed E-state index contributed by atoms with van der Waals surface area (Å²) < 4.78 is 5.52. The first-order valence-electron chi connectivity index (χ1n) is 6.11. The van der Waals surface area contributed by atoms with E-state index in [1.54, 1.807) is 25.9 Å². The van der Waals surface area contributed by atoms with E-state index >= 15 is 0 Å². The average Bonchev–Trinajstić information content (AvgIpc) is 2.34. The van der Waals surface area contributed by atoms with Crippen molar-refractivity contribution in [3.8, 4) is 5.75 Å². The van der Waals surface area contributed by atoms with Crippen LogP contribution in [0, 0.1) is 0 Å². The van der Waals surface area contributed by atoms with E-state index in [9.17, 15) is 9.90 Å². The molecule has 0 aliphatic carbocycles. The van der Waals surface area contributed by atoms with Crippen molar-refractivity contribution in [2.75, 3.05) is 20.7 Å². The highest BCUT2D eigenvalue weighted by atomic mass is 16.5. The van der Waals surface area contributed by atoms with Gasteiger partial charge in [-0.25, -0.2) is 0 Å². The van der Waals surface area contributed by atoms with Gasteiger partial charge in [-0.05, 0) is 31.0 Å². The summed E-state index contributed by atoms with van der Waals surface area (Å²) in [5.74, 6) is 0.875. The van der Waals surface area contributed by atoms with E-state index in [-0.39, 0.29) is 5.91 Å². The zero-order valence-electron chi connectivity index (χ0n) is 11.2. The van der Waals surface area contributed by atoms with Crippen LogP contribution >= 0.6 is 0 Å². The molecule has 0 aromatic heterocycles. The van der Waals surface area contributed by atoms with Gasteiger partial charge in [0.25, 0.3) is 0 Å². The van der Waals surface area contributed by atoms with Crippen LogP contribution < -0.4 is 4.74 Å². The smallest absolute Gasteiger partial charge is 0.222 e. The number of nitrogens with zero attached hydrogens (tertiary/aromatic N) is 1.